The molecule has 0 amide bonds. The predicted molar refractivity (Wildman–Crippen MR) is 100 cm³/mol. The van der Waals surface area contributed by atoms with E-state index in [1.54, 1.807) is 12.1 Å². The summed E-state index contributed by atoms with van der Waals surface area (Å²) >= 11 is 0. The van der Waals surface area contributed by atoms with Gasteiger partial charge in [0.05, 0.1) is 11.1 Å². The van der Waals surface area contributed by atoms with Gasteiger partial charge in [-0.05, 0) is 72.2 Å². The minimum atomic E-state index is -0.597. The lowest BCUT2D eigenvalue weighted by atomic mass is 9.99. The maximum atomic E-state index is 12.3. The third-order valence-corrected chi connectivity index (χ3v) is 4.59. The number of hydrogen-bond donors (Lipinski definition) is 0. The van der Waals surface area contributed by atoms with Crippen molar-refractivity contribution in [3.05, 3.63) is 69.8 Å². The highest BCUT2D eigenvalue weighted by molar-refractivity contribution is 6.02. The van der Waals surface area contributed by atoms with E-state index >= 15 is 0 Å². The minimum Gasteiger partial charge on any atom is -0.386 e. The van der Waals surface area contributed by atoms with Gasteiger partial charge in [0.1, 0.15) is 0 Å². The molecule has 0 saturated heterocycles. The van der Waals surface area contributed by atoms with Crippen LogP contribution in [0.2, 0.25) is 0 Å². The van der Waals surface area contributed by atoms with Crippen LogP contribution in [0.4, 0.5) is 0 Å². The number of carbonyl (C=O) groups excluding carboxylic acids is 2. The van der Waals surface area contributed by atoms with Gasteiger partial charge in [0.15, 0.2) is 0 Å². The molecule has 132 valence electrons. The van der Waals surface area contributed by atoms with E-state index in [2.05, 4.69) is 27.7 Å². The number of aryl methyl sites for hydroxylation is 4. The van der Waals surface area contributed by atoms with Crippen LogP contribution in [-0.4, -0.2) is 11.9 Å². The molecular formula is C22H26O3. The van der Waals surface area contributed by atoms with Crippen LogP contribution in [0.15, 0.2) is 36.4 Å². The topological polar surface area (TPSA) is 43.4 Å². The first-order chi connectivity index (χ1) is 12.0. The normalized spacial score (nSPS) is 10.6. The first-order valence-corrected chi connectivity index (χ1v) is 9.04. The summed E-state index contributed by atoms with van der Waals surface area (Å²) in [4.78, 5) is 24.7. The number of ether oxygens (including phenoxy) is 1. The lowest BCUT2D eigenvalue weighted by Gasteiger charge is -2.10. The molecule has 0 aliphatic rings. The molecule has 0 N–H and O–H groups in total. The molecule has 0 aliphatic heterocycles. The Balaban J connectivity index is 2.19. The van der Waals surface area contributed by atoms with Crippen molar-refractivity contribution in [2.45, 2.75) is 53.4 Å². The second kappa shape index (κ2) is 8.61. The molecule has 0 spiro atoms. The van der Waals surface area contributed by atoms with Gasteiger partial charge in [0.25, 0.3) is 0 Å². The Labute approximate surface area is 150 Å². The zero-order valence-corrected chi connectivity index (χ0v) is 15.5. The van der Waals surface area contributed by atoms with E-state index in [-0.39, 0.29) is 0 Å². The molecule has 0 aromatic heterocycles. The lowest BCUT2D eigenvalue weighted by Crippen LogP contribution is -2.14. The first kappa shape index (κ1) is 18.9. The predicted octanol–water partition coefficient (Wildman–Crippen LogP) is 4.93. The van der Waals surface area contributed by atoms with Crippen molar-refractivity contribution >= 4 is 11.9 Å². The summed E-state index contributed by atoms with van der Waals surface area (Å²) in [7, 11) is 0. The quantitative estimate of drug-likeness (QED) is 0.554. The van der Waals surface area contributed by atoms with Gasteiger partial charge >= 0.3 is 11.9 Å². The third kappa shape index (κ3) is 4.36. The van der Waals surface area contributed by atoms with E-state index < -0.39 is 11.9 Å². The van der Waals surface area contributed by atoms with Crippen molar-refractivity contribution in [3.8, 4) is 0 Å². The van der Waals surface area contributed by atoms with Crippen LogP contribution >= 0.6 is 0 Å². The molecule has 0 heterocycles. The van der Waals surface area contributed by atoms with Gasteiger partial charge < -0.3 is 4.74 Å². The van der Waals surface area contributed by atoms with Crippen LogP contribution in [0.1, 0.15) is 70.7 Å². The Morgan fingerprint density at radius 1 is 0.640 bits per heavy atom. The SMILES string of the molecule is CCc1ccc(C(=O)OC(=O)c2ccc(CC)c(CC)c2)cc1CC. The molecule has 0 atom stereocenters. The summed E-state index contributed by atoms with van der Waals surface area (Å²) < 4.78 is 5.09. The smallest absolute Gasteiger partial charge is 0.346 e. The van der Waals surface area contributed by atoms with Crippen molar-refractivity contribution in [2.24, 2.45) is 0 Å². The van der Waals surface area contributed by atoms with Crippen molar-refractivity contribution < 1.29 is 14.3 Å². The van der Waals surface area contributed by atoms with Gasteiger partial charge in [-0.2, -0.15) is 0 Å². The molecule has 25 heavy (non-hydrogen) atoms. The summed E-state index contributed by atoms with van der Waals surface area (Å²) in [5.74, 6) is -1.19. The Kier molecular flexibility index (Phi) is 6.51. The van der Waals surface area contributed by atoms with Crippen LogP contribution in [0, 0.1) is 0 Å². The average Bonchev–Trinajstić information content (AvgIpc) is 2.66. The summed E-state index contributed by atoms with van der Waals surface area (Å²) in [6.45, 7) is 8.27. The molecule has 0 aliphatic carbocycles. The Morgan fingerprint density at radius 3 is 1.32 bits per heavy atom. The molecule has 3 heteroatoms. The fourth-order valence-corrected chi connectivity index (χ4v) is 3.06. The highest BCUT2D eigenvalue weighted by Crippen LogP contribution is 2.17. The monoisotopic (exact) mass is 338 g/mol. The fraction of sp³-hybridized carbons (Fsp3) is 0.364. The molecular weight excluding hydrogens is 312 g/mol. The van der Waals surface area contributed by atoms with Crippen molar-refractivity contribution in [2.75, 3.05) is 0 Å². The van der Waals surface area contributed by atoms with E-state index in [9.17, 15) is 9.59 Å². The highest BCUT2D eigenvalue weighted by Gasteiger charge is 2.17. The Hall–Kier alpha value is -2.42. The van der Waals surface area contributed by atoms with Crippen LogP contribution < -0.4 is 0 Å². The van der Waals surface area contributed by atoms with Crippen LogP contribution in [0.3, 0.4) is 0 Å². The van der Waals surface area contributed by atoms with Crippen LogP contribution in [0.25, 0.3) is 0 Å². The number of rotatable bonds is 6. The molecule has 0 bridgehead atoms. The Morgan fingerprint density at radius 2 is 1.00 bits per heavy atom. The largest absolute Gasteiger partial charge is 0.386 e. The van der Waals surface area contributed by atoms with Gasteiger partial charge in [0.2, 0.25) is 0 Å². The van der Waals surface area contributed by atoms with Gasteiger partial charge in [0, 0.05) is 0 Å². The molecule has 0 saturated carbocycles. The molecule has 0 unspecified atom stereocenters. The summed E-state index contributed by atoms with van der Waals surface area (Å²) in [6, 6.07) is 11.0. The number of carbonyl (C=O) groups is 2. The van der Waals surface area contributed by atoms with E-state index in [4.69, 9.17) is 4.74 Å². The van der Waals surface area contributed by atoms with E-state index in [0.29, 0.717) is 11.1 Å². The fourth-order valence-electron chi connectivity index (χ4n) is 3.06. The molecule has 0 fully saturated rings. The third-order valence-electron chi connectivity index (χ3n) is 4.59. The van der Waals surface area contributed by atoms with Gasteiger partial charge in [-0.3, -0.25) is 0 Å². The maximum Gasteiger partial charge on any atom is 0.346 e. The van der Waals surface area contributed by atoms with Crippen molar-refractivity contribution in [1.29, 1.82) is 0 Å². The summed E-state index contributed by atoms with van der Waals surface area (Å²) in [6.07, 6.45) is 3.52. The number of benzene rings is 2. The minimum absolute atomic E-state index is 0.420. The second-order valence-corrected chi connectivity index (χ2v) is 6.06. The highest BCUT2D eigenvalue weighted by atomic mass is 16.6. The standard InChI is InChI=1S/C22H26O3/c1-5-15-9-11-19(13-17(15)7-3)21(23)25-22(24)20-12-10-16(6-2)18(8-4)14-20/h9-14H,5-8H2,1-4H3. The first-order valence-electron chi connectivity index (χ1n) is 9.04. The van der Waals surface area contributed by atoms with Gasteiger partial charge in [-0.1, -0.05) is 39.8 Å². The molecule has 2 aromatic rings. The zero-order chi connectivity index (χ0) is 18.4. The number of esters is 2. The second-order valence-electron chi connectivity index (χ2n) is 6.06. The zero-order valence-electron chi connectivity index (χ0n) is 15.5. The molecule has 0 radical (unpaired) electrons. The van der Waals surface area contributed by atoms with Crippen LogP contribution in [0.5, 0.6) is 0 Å². The maximum absolute atomic E-state index is 12.3. The van der Waals surface area contributed by atoms with Gasteiger partial charge in [-0.25, -0.2) is 9.59 Å². The van der Waals surface area contributed by atoms with Gasteiger partial charge in [-0.15, -0.1) is 0 Å². The van der Waals surface area contributed by atoms with E-state index in [1.165, 1.54) is 11.1 Å². The molecule has 3 nitrogen and oxygen atoms in total. The Bertz CT molecular complexity index is 709. The molecule has 2 aromatic carbocycles. The number of hydrogen-bond acceptors (Lipinski definition) is 3. The van der Waals surface area contributed by atoms with Crippen molar-refractivity contribution in [1.82, 2.24) is 0 Å². The van der Waals surface area contributed by atoms with Crippen LogP contribution in [-0.2, 0) is 30.4 Å². The van der Waals surface area contributed by atoms with Crippen molar-refractivity contribution in [3.63, 3.8) is 0 Å². The average molecular weight is 338 g/mol. The van der Waals surface area contributed by atoms with E-state index in [0.717, 1.165) is 36.8 Å². The molecule has 2 rings (SSSR count). The summed E-state index contributed by atoms with van der Waals surface area (Å²) in [5, 5.41) is 0. The summed E-state index contributed by atoms with van der Waals surface area (Å²) in [5.41, 5.74) is 5.50. The lowest BCUT2D eigenvalue weighted by molar-refractivity contribution is 0.0397. The van der Waals surface area contributed by atoms with E-state index in [1.807, 2.05) is 24.3 Å².